The predicted molar refractivity (Wildman–Crippen MR) is 47.4 cm³/mol. The van der Waals surface area contributed by atoms with Gasteiger partial charge in [-0.15, -0.1) is 0 Å². The van der Waals surface area contributed by atoms with Gasteiger partial charge in [0.25, 0.3) is 0 Å². The Balaban J connectivity index is 3.14. The summed E-state index contributed by atoms with van der Waals surface area (Å²) >= 11 is 0. The van der Waals surface area contributed by atoms with Gasteiger partial charge in [0, 0.05) is 5.69 Å². The van der Waals surface area contributed by atoms with Crippen LogP contribution in [0.3, 0.4) is 0 Å². The number of carboxylic acids is 1. The van der Waals surface area contributed by atoms with E-state index in [1.54, 1.807) is 0 Å². The van der Waals surface area contributed by atoms with Gasteiger partial charge < -0.3 is 15.7 Å². The van der Waals surface area contributed by atoms with Gasteiger partial charge in [0.15, 0.2) is 0 Å². The molecule has 0 heterocycles. The molecule has 0 spiro atoms. The number of benzene rings is 1. The van der Waals surface area contributed by atoms with Gasteiger partial charge in [-0.3, -0.25) is 0 Å². The summed E-state index contributed by atoms with van der Waals surface area (Å²) in [5.74, 6) is 2.72. The monoisotopic (exact) mass is 196 g/mol. The van der Waals surface area contributed by atoms with E-state index in [0.717, 1.165) is 6.07 Å². The Kier molecular flexibility index (Phi) is 2.68. The fourth-order valence-electron chi connectivity index (χ4n) is 0.945. The molecule has 0 aliphatic rings. The van der Waals surface area contributed by atoms with Crippen molar-refractivity contribution in [3.05, 3.63) is 29.3 Å². The highest BCUT2D eigenvalue weighted by molar-refractivity contribution is 5.97. The van der Waals surface area contributed by atoms with Crippen LogP contribution in [0, 0.1) is 0 Å². The predicted octanol–water partition coefficient (Wildman–Crippen LogP) is -0.00250. The molecule has 0 bridgehead atoms. The zero-order chi connectivity index (χ0) is 10.7. The third-order valence-electron chi connectivity index (χ3n) is 1.63. The number of nitrogens with two attached hydrogens (primary N) is 2. The number of hydrogen-bond acceptors (Lipinski definition) is 5. The van der Waals surface area contributed by atoms with Gasteiger partial charge in [0.1, 0.15) is 0 Å². The van der Waals surface area contributed by atoms with Crippen LogP contribution in [0.5, 0.6) is 0 Å². The highest BCUT2D eigenvalue weighted by Crippen LogP contribution is 2.14. The maximum atomic E-state index is 10.9. The normalized spacial score (nSPS) is 9.50. The van der Waals surface area contributed by atoms with Gasteiger partial charge in [-0.1, -0.05) is 0 Å². The Labute approximate surface area is 79.0 Å². The number of anilines is 1. The molecule has 0 radical (unpaired) electrons. The lowest BCUT2D eigenvalue weighted by Gasteiger charge is -2.03. The zero-order valence-electron chi connectivity index (χ0n) is 7.06. The van der Waals surface area contributed by atoms with Crippen LogP contribution in [0.4, 0.5) is 5.69 Å². The lowest BCUT2D eigenvalue weighted by atomic mass is 10.1. The fraction of sp³-hybridized carbons (Fsp3) is 0. The van der Waals surface area contributed by atoms with E-state index < -0.39 is 11.9 Å². The Morgan fingerprint density at radius 3 is 2.43 bits per heavy atom. The minimum absolute atomic E-state index is 0.00364. The summed E-state index contributed by atoms with van der Waals surface area (Å²) in [6.07, 6.45) is 0. The molecule has 1 aromatic carbocycles. The third-order valence-corrected chi connectivity index (χ3v) is 1.63. The fourth-order valence-corrected chi connectivity index (χ4v) is 0.945. The van der Waals surface area contributed by atoms with E-state index in [1.165, 1.54) is 12.1 Å². The van der Waals surface area contributed by atoms with Crippen LogP contribution >= 0.6 is 0 Å². The van der Waals surface area contributed by atoms with Gasteiger partial charge in [0.2, 0.25) is 0 Å². The number of aromatic carboxylic acids is 1. The van der Waals surface area contributed by atoms with Crippen LogP contribution in [0.2, 0.25) is 0 Å². The zero-order valence-corrected chi connectivity index (χ0v) is 7.06. The van der Waals surface area contributed by atoms with E-state index in [1.807, 2.05) is 0 Å². The van der Waals surface area contributed by atoms with E-state index in [4.69, 9.17) is 10.8 Å². The van der Waals surface area contributed by atoms with E-state index in [0.29, 0.717) is 0 Å². The molecule has 14 heavy (non-hydrogen) atoms. The van der Waals surface area contributed by atoms with Crippen molar-refractivity contribution in [2.45, 2.75) is 0 Å². The van der Waals surface area contributed by atoms with Crippen molar-refractivity contribution in [2.75, 3.05) is 5.73 Å². The van der Waals surface area contributed by atoms with Gasteiger partial charge >= 0.3 is 11.9 Å². The quantitative estimate of drug-likeness (QED) is 0.452. The standard InChI is InChI=1S/C8H8N2O4/c9-6-3-4(7(11)12)1-2-5(6)8(13)14-10/h1-3H,9-10H2,(H,11,12). The lowest BCUT2D eigenvalue weighted by Crippen LogP contribution is -2.13. The Morgan fingerprint density at radius 1 is 1.36 bits per heavy atom. The highest BCUT2D eigenvalue weighted by atomic mass is 16.7. The summed E-state index contributed by atoms with van der Waals surface area (Å²) in [4.78, 5) is 25.4. The van der Waals surface area contributed by atoms with Crippen LogP contribution in [-0.4, -0.2) is 17.0 Å². The number of carbonyl (C=O) groups excluding carboxylic acids is 1. The molecule has 0 unspecified atom stereocenters. The summed E-state index contributed by atoms with van der Waals surface area (Å²) < 4.78 is 0. The molecule has 0 atom stereocenters. The van der Waals surface area contributed by atoms with Gasteiger partial charge in [-0.05, 0) is 18.2 Å². The summed E-state index contributed by atoms with van der Waals surface area (Å²) in [5, 5.41) is 8.60. The maximum absolute atomic E-state index is 10.9. The minimum atomic E-state index is -1.12. The molecule has 0 aliphatic carbocycles. The van der Waals surface area contributed by atoms with Gasteiger partial charge in [0.05, 0.1) is 11.1 Å². The molecule has 0 aromatic heterocycles. The molecule has 0 saturated heterocycles. The van der Waals surface area contributed by atoms with Crippen molar-refractivity contribution in [3.63, 3.8) is 0 Å². The number of hydrogen-bond donors (Lipinski definition) is 3. The Bertz CT molecular complexity index is 389. The first-order valence-corrected chi connectivity index (χ1v) is 3.60. The molecule has 0 aliphatic heterocycles. The number of carbonyl (C=O) groups is 2. The topological polar surface area (TPSA) is 116 Å². The Morgan fingerprint density at radius 2 is 2.00 bits per heavy atom. The largest absolute Gasteiger partial charge is 0.478 e. The second kappa shape index (κ2) is 3.75. The molecule has 0 saturated carbocycles. The van der Waals surface area contributed by atoms with Crippen LogP contribution in [0.25, 0.3) is 0 Å². The molecular formula is C8H8N2O4. The molecule has 6 heteroatoms. The van der Waals surface area contributed by atoms with Gasteiger partial charge in [-0.25, -0.2) is 9.59 Å². The smallest absolute Gasteiger partial charge is 0.358 e. The minimum Gasteiger partial charge on any atom is -0.478 e. The third kappa shape index (κ3) is 1.80. The number of carboxylic acid groups (broad SMARTS) is 1. The maximum Gasteiger partial charge on any atom is 0.358 e. The molecule has 1 rings (SSSR count). The van der Waals surface area contributed by atoms with E-state index in [9.17, 15) is 9.59 Å². The van der Waals surface area contributed by atoms with Crippen molar-refractivity contribution < 1.29 is 19.5 Å². The van der Waals surface area contributed by atoms with Gasteiger partial charge in [-0.2, -0.15) is 5.90 Å². The first kappa shape index (κ1) is 10.0. The van der Waals surface area contributed by atoms with E-state index in [-0.39, 0.29) is 16.8 Å². The second-order valence-electron chi connectivity index (χ2n) is 2.51. The van der Waals surface area contributed by atoms with Crippen LogP contribution in [0.15, 0.2) is 18.2 Å². The SMILES string of the molecule is NOC(=O)c1ccc(C(=O)O)cc1N. The molecule has 1 aromatic rings. The highest BCUT2D eigenvalue weighted by Gasteiger charge is 2.12. The average Bonchev–Trinajstić information content (AvgIpc) is 2.16. The van der Waals surface area contributed by atoms with Crippen molar-refractivity contribution in [2.24, 2.45) is 5.90 Å². The van der Waals surface area contributed by atoms with Crippen molar-refractivity contribution >= 4 is 17.6 Å². The first-order valence-electron chi connectivity index (χ1n) is 3.60. The number of nitrogen functional groups attached to an aromatic ring is 1. The van der Waals surface area contributed by atoms with Crippen molar-refractivity contribution in [3.8, 4) is 0 Å². The summed E-state index contributed by atoms with van der Waals surface area (Å²) in [5.41, 5.74) is 5.47. The lowest BCUT2D eigenvalue weighted by molar-refractivity contribution is 0.0503. The average molecular weight is 196 g/mol. The van der Waals surface area contributed by atoms with Crippen LogP contribution in [0.1, 0.15) is 20.7 Å². The molecule has 6 nitrogen and oxygen atoms in total. The molecule has 74 valence electrons. The molecule has 0 fully saturated rings. The summed E-state index contributed by atoms with van der Waals surface area (Å²) in [7, 11) is 0. The molecule has 0 amide bonds. The Hall–Kier alpha value is -2.08. The van der Waals surface area contributed by atoms with Crippen molar-refractivity contribution in [1.82, 2.24) is 0 Å². The molecular weight excluding hydrogens is 188 g/mol. The molecule has 5 N–H and O–H groups in total. The van der Waals surface area contributed by atoms with E-state index in [2.05, 4.69) is 10.7 Å². The van der Waals surface area contributed by atoms with Crippen molar-refractivity contribution in [1.29, 1.82) is 0 Å². The van der Waals surface area contributed by atoms with Crippen LogP contribution < -0.4 is 11.6 Å². The first-order chi connectivity index (χ1) is 6.56. The second-order valence-corrected chi connectivity index (χ2v) is 2.51. The number of rotatable bonds is 2. The summed E-state index contributed by atoms with van der Waals surface area (Å²) in [6, 6.07) is 3.65. The van der Waals surface area contributed by atoms with Crippen LogP contribution in [-0.2, 0) is 4.84 Å². The van der Waals surface area contributed by atoms with E-state index >= 15 is 0 Å². The summed E-state index contributed by atoms with van der Waals surface area (Å²) in [6.45, 7) is 0.